The Morgan fingerprint density at radius 1 is 1.43 bits per heavy atom. The van der Waals surface area contributed by atoms with Gasteiger partial charge in [-0.05, 0) is 13.0 Å². The summed E-state index contributed by atoms with van der Waals surface area (Å²) in [5.74, 6) is -0.718. The largest absolute Gasteiger partial charge is 0.435 e. The van der Waals surface area contributed by atoms with E-state index in [2.05, 4.69) is 10.4 Å². The number of carbonyl (C=O) groups is 1. The summed E-state index contributed by atoms with van der Waals surface area (Å²) >= 11 is 0. The summed E-state index contributed by atoms with van der Waals surface area (Å²) in [6.45, 7) is 1.86. The minimum Gasteiger partial charge on any atom is -0.364 e. The molecule has 0 unspecified atom stereocenters. The van der Waals surface area contributed by atoms with Crippen molar-refractivity contribution >= 4 is 5.91 Å². The number of aryl methyl sites for hydroxylation is 1. The summed E-state index contributed by atoms with van der Waals surface area (Å²) in [5, 5.41) is 6.20. The molecule has 3 heterocycles. The van der Waals surface area contributed by atoms with E-state index in [9.17, 15) is 18.0 Å². The van der Waals surface area contributed by atoms with Crippen LogP contribution in [-0.2, 0) is 22.3 Å². The van der Waals surface area contributed by atoms with Crippen molar-refractivity contribution in [3.05, 3.63) is 29.6 Å². The molecular formula is C14H17F3N4O2. The molecule has 0 aliphatic carbocycles. The van der Waals surface area contributed by atoms with Gasteiger partial charge >= 0.3 is 6.18 Å². The fourth-order valence-electron chi connectivity index (χ4n) is 2.94. The molecule has 23 heavy (non-hydrogen) atoms. The molecule has 6 nitrogen and oxygen atoms in total. The summed E-state index contributed by atoms with van der Waals surface area (Å²) < 4.78 is 44.5. The van der Waals surface area contributed by atoms with Gasteiger partial charge in [-0.25, -0.2) is 0 Å². The van der Waals surface area contributed by atoms with E-state index >= 15 is 0 Å². The zero-order valence-electron chi connectivity index (χ0n) is 12.4. The first-order valence-corrected chi connectivity index (χ1v) is 7.26. The minimum absolute atomic E-state index is 0.153. The molecule has 2 aliphatic heterocycles. The van der Waals surface area contributed by atoms with Crippen LogP contribution in [0.1, 0.15) is 11.4 Å². The lowest BCUT2D eigenvalue weighted by molar-refractivity contribution is -0.141. The number of rotatable bonds is 4. The van der Waals surface area contributed by atoms with E-state index < -0.39 is 23.8 Å². The highest BCUT2D eigenvalue weighted by Crippen LogP contribution is 2.33. The van der Waals surface area contributed by atoms with Crippen LogP contribution >= 0.6 is 0 Å². The minimum atomic E-state index is -4.47. The van der Waals surface area contributed by atoms with E-state index in [-0.39, 0.29) is 31.2 Å². The number of aromatic nitrogens is 2. The number of nitrogens with one attached hydrogen (secondary N) is 1. The van der Waals surface area contributed by atoms with Crippen molar-refractivity contribution in [1.82, 2.24) is 15.1 Å². The summed E-state index contributed by atoms with van der Waals surface area (Å²) in [4.78, 5) is 12.2. The molecule has 0 radical (unpaired) electrons. The van der Waals surface area contributed by atoms with Gasteiger partial charge in [0.25, 0.3) is 0 Å². The maximum atomic E-state index is 12.6. The molecular weight excluding hydrogens is 313 g/mol. The van der Waals surface area contributed by atoms with Gasteiger partial charge < -0.3 is 15.8 Å². The number of fused-ring (bicyclic) bond motifs is 2. The Hall–Kier alpha value is -1.87. The number of ether oxygens (including phenoxy) is 1. The zero-order valence-corrected chi connectivity index (χ0v) is 12.4. The van der Waals surface area contributed by atoms with Crippen molar-refractivity contribution in [2.75, 3.05) is 6.54 Å². The second kappa shape index (κ2) is 5.64. The summed E-state index contributed by atoms with van der Waals surface area (Å²) in [5.41, 5.74) is 5.39. The third-order valence-corrected chi connectivity index (χ3v) is 4.15. The SMILES string of the molecule is Cc1cc(C(F)(F)F)nn1CCNC(=O)[C@H]1[C@@H](N)[C@@H]2C=C[C@H]1O2. The number of hydrogen-bond donors (Lipinski definition) is 2. The lowest BCUT2D eigenvalue weighted by atomic mass is 9.89. The number of hydrogen-bond acceptors (Lipinski definition) is 4. The molecule has 126 valence electrons. The first-order valence-electron chi connectivity index (χ1n) is 7.26. The molecule has 4 atom stereocenters. The summed E-state index contributed by atoms with van der Waals surface area (Å²) in [6, 6.07) is 0.583. The summed E-state index contributed by atoms with van der Waals surface area (Å²) in [6.07, 6.45) is -1.38. The highest BCUT2D eigenvalue weighted by atomic mass is 19.4. The fraction of sp³-hybridized carbons (Fsp3) is 0.571. The van der Waals surface area contributed by atoms with E-state index in [0.29, 0.717) is 5.69 Å². The van der Waals surface area contributed by atoms with Gasteiger partial charge in [-0.2, -0.15) is 18.3 Å². The van der Waals surface area contributed by atoms with Gasteiger partial charge in [0.05, 0.1) is 24.7 Å². The topological polar surface area (TPSA) is 82.2 Å². The first-order chi connectivity index (χ1) is 10.8. The predicted molar refractivity (Wildman–Crippen MR) is 74.2 cm³/mol. The maximum absolute atomic E-state index is 12.6. The number of nitrogens with zero attached hydrogens (tertiary/aromatic N) is 2. The molecule has 1 aromatic heterocycles. The lowest BCUT2D eigenvalue weighted by Crippen LogP contribution is -2.47. The van der Waals surface area contributed by atoms with E-state index in [1.165, 1.54) is 11.6 Å². The molecule has 3 rings (SSSR count). The molecule has 2 bridgehead atoms. The van der Waals surface area contributed by atoms with Crippen LogP contribution < -0.4 is 11.1 Å². The Labute approximate surface area is 130 Å². The van der Waals surface area contributed by atoms with Crippen LogP contribution in [0.2, 0.25) is 0 Å². The van der Waals surface area contributed by atoms with Crippen LogP contribution in [0.5, 0.6) is 0 Å². The molecule has 3 N–H and O–H groups in total. The molecule has 0 saturated carbocycles. The Morgan fingerprint density at radius 2 is 2.13 bits per heavy atom. The van der Waals surface area contributed by atoms with Crippen LogP contribution in [0.15, 0.2) is 18.2 Å². The van der Waals surface area contributed by atoms with Gasteiger partial charge in [0.2, 0.25) is 5.91 Å². The summed E-state index contributed by atoms with van der Waals surface area (Å²) in [7, 11) is 0. The quantitative estimate of drug-likeness (QED) is 0.793. The normalized spacial score (nSPS) is 29.3. The maximum Gasteiger partial charge on any atom is 0.435 e. The molecule has 0 spiro atoms. The van der Waals surface area contributed by atoms with E-state index in [4.69, 9.17) is 10.5 Å². The second-order valence-electron chi connectivity index (χ2n) is 5.74. The lowest BCUT2D eigenvalue weighted by Gasteiger charge is -2.20. The van der Waals surface area contributed by atoms with Gasteiger partial charge in [-0.3, -0.25) is 9.48 Å². The van der Waals surface area contributed by atoms with Crippen molar-refractivity contribution in [1.29, 1.82) is 0 Å². The molecule has 1 saturated heterocycles. The molecule has 0 aromatic carbocycles. The monoisotopic (exact) mass is 330 g/mol. The fourth-order valence-corrected chi connectivity index (χ4v) is 2.94. The molecule has 1 aromatic rings. The standard InChI is InChI=1S/C14H17F3N4O2/c1-7-6-10(14(15,16)17)20-21(7)5-4-19-13(22)11-8-2-3-9(23-8)12(11)18/h2-3,6,8-9,11-12H,4-5,18H2,1H3,(H,19,22)/t8-,9+,11-,12+/m1/s1. The van der Waals surface area contributed by atoms with Gasteiger partial charge in [0.15, 0.2) is 5.69 Å². The van der Waals surface area contributed by atoms with Crippen molar-refractivity contribution in [3.8, 4) is 0 Å². The third kappa shape index (κ3) is 2.98. The van der Waals surface area contributed by atoms with E-state index in [1.54, 1.807) is 0 Å². The van der Waals surface area contributed by atoms with E-state index in [1.807, 2.05) is 12.2 Å². The molecule has 1 amide bonds. The van der Waals surface area contributed by atoms with Crippen LogP contribution in [0.3, 0.4) is 0 Å². The Kier molecular flexibility index (Phi) is 3.93. The molecule has 9 heteroatoms. The highest BCUT2D eigenvalue weighted by molar-refractivity contribution is 5.81. The Balaban J connectivity index is 1.55. The first kappa shape index (κ1) is 16.0. The van der Waals surface area contributed by atoms with Crippen molar-refractivity contribution < 1.29 is 22.7 Å². The predicted octanol–water partition coefficient (Wildman–Crippen LogP) is 0.607. The third-order valence-electron chi connectivity index (χ3n) is 4.15. The van der Waals surface area contributed by atoms with Gasteiger partial charge in [0, 0.05) is 18.3 Å². The molecule has 2 aliphatic rings. The van der Waals surface area contributed by atoms with Crippen molar-refractivity contribution in [3.63, 3.8) is 0 Å². The van der Waals surface area contributed by atoms with Crippen LogP contribution in [-0.4, -0.2) is 40.5 Å². The average Bonchev–Trinajstić information content (AvgIpc) is 3.13. The molecule has 1 fully saturated rings. The Morgan fingerprint density at radius 3 is 2.70 bits per heavy atom. The number of nitrogens with two attached hydrogens (primary N) is 1. The van der Waals surface area contributed by atoms with Gasteiger partial charge in [0.1, 0.15) is 0 Å². The Bertz CT molecular complexity index is 640. The highest BCUT2D eigenvalue weighted by Gasteiger charge is 2.47. The number of alkyl halides is 3. The zero-order chi connectivity index (χ0) is 16.8. The van der Waals surface area contributed by atoms with Gasteiger partial charge in [-0.1, -0.05) is 12.2 Å². The van der Waals surface area contributed by atoms with Gasteiger partial charge in [-0.15, -0.1) is 0 Å². The van der Waals surface area contributed by atoms with Crippen LogP contribution in [0.25, 0.3) is 0 Å². The van der Waals surface area contributed by atoms with Crippen molar-refractivity contribution in [2.45, 2.75) is 37.9 Å². The number of halogens is 3. The number of amides is 1. The van der Waals surface area contributed by atoms with Crippen molar-refractivity contribution in [2.24, 2.45) is 11.7 Å². The number of carbonyl (C=O) groups excluding carboxylic acids is 1. The van der Waals surface area contributed by atoms with E-state index in [0.717, 1.165) is 6.07 Å². The second-order valence-corrected chi connectivity index (χ2v) is 5.74. The average molecular weight is 330 g/mol. The van der Waals surface area contributed by atoms with Crippen LogP contribution in [0.4, 0.5) is 13.2 Å². The van der Waals surface area contributed by atoms with Crippen LogP contribution in [0, 0.1) is 12.8 Å². The smallest absolute Gasteiger partial charge is 0.364 e.